The number of esters is 3. The summed E-state index contributed by atoms with van der Waals surface area (Å²) in [6.07, 6.45) is 66.1. The van der Waals surface area contributed by atoms with Crippen molar-refractivity contribution in [1.82, 2.24) is 0 Å². The van der Waals surface area contributed by atoms with E-state index >= 15 is 0 Å². The van der Waals surface area contributed by atoms with E-state index in [1.165, 1.54) is 44.9 Å². The lowest BCUT2D eigenvalue weighted by molar-refractivity contribution is -0.166. The molecule has 0 aromatic heterocycles. The molecule has 0 aliphatic rings. The maximum Gasteiger partial charge on any atom is 0.309 e. The Labute approximate surface area is 366 Å². The van der Waals surface area contributed by atoms with Gasteiger partial charge >= 0.3 is 17.9 Å². The Kier molecular flexibility index (Phi) is 43.7. The first-order valence-corrected chi connectivity index (χ1v) is 23.3. The first kappa shape index (κ1) is 55.5. The molecule has 0 bridgehead atoms. The second kappa shape index (κ2) is 47.2. The molecule has 0 heterocycles. The summed E-state index contributed by atoms with van der Waals surface area (Å²) in [4.78, 5) is 37.7. The van der Waals surface area contributed by atoms with Gasteiger partial charge in [-0.05, 0) is 77.0 Å². The van der Waals surface area contributed by atoms with E-state index in [2.05, 4.69) is 69.4 Å². The fraction of sp³-hybridized carbons (Fsp3) is 0.537. The van der Waals surface area contributed by atoms with Crippen LogP contribution in [0.1, 0.15) is 168 Å². The van der Waals surface area contributed by atoms with Gasteiger partial charge in [0.25, 0.3) is 0 Å². The molecule has 0 aromatic carbocycles. The maximum atomic E-state index is 12.7. The molecule has 334 valence electrons. The molecule has 1 atom stereocenters. The quantitative estimate of drug-likeness (QED) is 0.0202. The van der Waals surface area contributed by atoms with Crippen LogP contribution in [-0.2, 0) is 28.6 Å². The Bertz CT molecular complexity index is 1370. The van der Waals surface area contributed by atoms with Crippen LogP contribution in [0.2, 0.25) is 0 Å². The van der Waals surface area contributed by atoms with Crippen LogP contribution < -0.4 is 0 Å². The average molecular weight is 827 g/mol. The molecule has 0 amide bonds. The summed E-state index contributed by atoms with van der Waals surface area (Å²) >= 11 is 0. The van der Waals surface area contributed by atoms with Crippen LogP contribution in [0.3, 0.4) is 0 Å². The third kappa shape index (κ3) is 44.6. The van der Waals surface area contributed by atoms with Gasteiger partial charge in [-0.1, -0.05) is 206 Å². The van der Waals surface area contributed by atoms with Crippen LogP contribution in [0, 0.1) is 0 Å². The molecule has 0 saturated heterocycles. The van der Waals surface area contributed by atoms with Crippen molar-refractivity contribution in [3.63, 3.8) is 0 Å². The molecule has 0 aromatic rings. The number of unbranched alkanes of at least 4 members (excludes halogenated alkanes) is 13. The van der Waals surface area contributed by atoms with Gasteiger partial charge in [0.2, 0.25) is 0 Å². The fourth-order valence-corrected chi connectivity index (χ4v) is 5.65. The van der Waals surface area contributed by atoms with Crippen molar-refractivity contribution in [2.45, 2.75) is 175 Å². The van der Waals surface area contributed by atoms with Gasteiger partial charge in [-0.3, -0.25) is 14.4 Å². The van der Waals surface area contributed by atoms with Gasteiger partial charge < -0.3 is 14.2 Å². The SMILES string of the molecule is CC\C=C/C=C\C=C/C=C\C=C\C=C/C=C\CCCCCC(=O)OCC(COC(=O)C/C=C\C/C=C\C/C=C\CC)OC(=O)CCCCC/C=C\CCCCCCCCC. The second-order valence-electron chi connectivity index (χ2n) is 14.7. The molecule has 60 heavy (non-hydrogen) atoms. The topological polar surface area (TPSA) is 78.9 Å². The molecular formula is C54H82O6. The molecule has 0 rings (SSSR count). The van der Waals surface area contributed by atoms with E-state index in [9.17, 15) is 14.4 Å². The lowest BCUT2D eigenvalue weighted by Crippen LogP contribution is -2.30. The summed E-state index contributed by atoms with van der Waals surface area (Å²) in [6, 6.07) is 0. The smallest absolute Gasteiger partial charge is 0.309 e. The third-order valence-corrected chi connectivity index (χ3v) is 9.10. The van der Waals surface area contributed by atoms with Crippen molar-refractivity contribution in [3.8, 4) is 0 Å². The summed E-state index contributed by atoms with van der Waals surface area (Å²) in [5, 5.41) is 0. The van der Waals surface area contributed by atoms with E-state index < -0.39 is 12.1 Å². The average Bonchev–Trinajstić information content (AvgIpc) is 3.24. The zero-order chi connectivity index (χ0) is 43.7. The maximum absolute atomic E-state index is 12.7. The molecule has 0 spiro atoms. The molecule has 0 fully saturated rings. The van der Waals surface area contributed by atoms with Crippen molar-refractivity contribution in [2.75, 3.05) is 13.2 Å². The largest absolute Gasteiger partial charge is 0.462 e. The third-order valence-electron chi connectivity index (χ3n) is 9.10. The summed E-state index contributed by atoms with van der Waals surface area (Å²) in [7, 11) is 0. The Morgan fingerprint density at radius 1 is 0.383 bits per heavy atom. The Morgan fingerprint density at radius 2 is 0.800 bits per heavy atom. The molecule has 1 unspecified atom stereocenters. The van der Waals surface area contributed by atoms with E-state index in [0.717, 1.165) is 77.0 Å². The first-order chi connectivity index (χ1) is 29.5. The highest BCUT2D eigenvalue weighted by atomic mass is 16.6. The zero-order valence-corrected chi connectivity index (χ0v) is 37.9. The van der Waals surface area contributed by atoms with Crippen molar-refractivity contribution < 1.29 is 28.6 Å². The molecule has 0 N–H and O–H groups in total. The van der Waals surface area contributed by atoms with Crippen LogP contribution in [0.25, 0.3) is 0 Å². The predicted octanol–water partition coefficient (Wildman–Crippen LogP) is 15.1. The minimum Gasteiger partial charge on any atom is -0.462 e. The number of carbonyl (C=O) groups is 3. The van der Waals surface area contributed by atoms with E-state index in [-0.39, 0.29) is 44.4 Å². The molecule has 0 saturated carbocycles. The van der Waals surface area contributed by atoms with E-state index in [1.807, 2.05) is 79.0 Å². The lowest BCUT2D eigenvalue weighted by Gasteiger charge is -2.18. The summed E-state index contributed by atoms with van der Waals surface area (Å²) in [5.41, 5.74) is 0. The molecule has 0 radical (unpaired) electrons. The molecule has 0 aliphatic heterocycles. The summed E-state index contributed by atoms with van der Waals surface area (Å²) in [6.45, 7) is 6.18. The van der Waals surface area contributed by atoms with Gasteiger partial charge in [0, 0.05) is 12.8 Å². The minimum atomic E-state index is -0.843. The summed E-state index contributed by atoms with van der Waals surface area (Å²) in [5.74, 6) is -1.14. The predicted molar refractivity (Wildman–Crippen MR) is 256 cm³/mol. The summed E-state index contributed by atoms with van der Waals surface area (Å²) < 4.78 is 16.5. The zero-order valence-electron chi connectivity index (χ0n) is 37.9. The van der Waals surface area contributed by atoms with Gasteiger partial charge in [0.05, 0.1) is 6.42 Å². The van der Waals surface area contributed by atoms with E-state index in [4.69, 9.17) is 14.2 Å². The Morgan fingerprint density at radius 3 is 1.35 bits per heavy atom. The van der Waals surface area contributed by atoms with Gasteiger partial charge in [-0.25, -0.2) is 0 Å². The number of hydrogen-bond donors (Lipinski definition) is 0. The number of rotatable bonds is 39. The van der Waals surface area contributed by atoms with Crippen molar-refractivity contribution >= 4 is 17.9 Å². The molecule has 6 nitrogen and oxygen atoms in total. The fourth-order valence-electron chi connectivity index (χ4n) is 5.65. The highest BCUT2D eigenvalue weighted by Crippen LogP contribution is 2.11. The molecule has 6 heteroatoms. The van der Waals surface area contributed by atoms with Crippen molar-refractivity contribution in [1.29, 1.82) is 0 Å². The van der Waals surface area contributed by atoms with Gasteiger partial charge in [-0.2, -0.15) is 0 Å². The Hall–Kier alpha value is -4.45. The van der Waals surface area contributed by atoms with Gasteiger partial charge in [0.1, 0.15) is 13.2 Å². The highest BCUT2D eigenvalue weighted by molar-refractivity contribution is 5.72. The van der Waals surface area contributed by atoms with Crippen molar-refractivity contribution in [2.24, 2.45) is 0 Å². The molecular weight excluding hydrogens is 745 g/mol. The van der Waals surface area contributed by atoms with Crippen LogP contribution in [0.4, 0.5) is 0 Å². The standard InChI is InChI=1S/C54H82O6/c1-4-7-10-13-16-19-21-23-25-26-27-28-29-31-32-35-38-41-44-47-53(56)59-50-51(49-58-52(55)46-43-40-37-34-18-15-12-9-6-3)60-54(57)48-45-42-39-36-33-30-24-22-20-17-14-11-8-5-2/h7,9-10,12-13,16,18-19,21,23,25-34,40,43,51H,4-6,8,11,14-15,17,20,22,24,35-39,41-42,44-50H2,1-3H3/b10-7-,12-9-,16-13-,21-19-,25-23-,27-26+,29-28-,32-31-,33-30-,34-18-,43-40-. The lowest BCUT2D eigenvalue weighted by atomic mass is 10.1. The second-order valence-corrected chi connectivity index (χ2v) is 14.7. The Balaban J connectivity index is 4.57. The van der Waals surface area contributed by atoms with Crippen LogP contribution in [-0.4, -0.2) is 37.2 Å². The number of carbonyl (C=O) groups excluding carboxylic acids is 3. The van der Waals surface area contributed by atoms with Crippen LogP contribution >= 0.6 is 0 Å². The minimum absolute atomic E-state index is 0.117. The first-order valence-electron chi connectivity index (χ1n) is 23.3. The van der Waals surface area contributed by atoms with Crippen LogP contribution in [0.5, 0.6) is 0 Å². The highest BCUT2D eigenvalue weighted by Gasteiger charge is 2.19. The number of allylic oxidation sites excluding steroid dienone is 21. The van der Waals surface area contributed by atoms with Crippen molar-refractivity contribution in [3.05, 3.63) is 134 Å². The monoisotopic (exact) mass is 827 g/mol. The number of ether oxygens (including phenoxy) is 3. The van der Waals surface area contributed by atoms with E-state index in [0.29, 0.717) is 6.42 Å². The van der Waals surface area contributed by atoms with Crippen LogP contribution in [0.15, 0.2) is 134 Å². The van der Waals surface area contributed by atoms with Gasteiger partial charge in [-0.15, -0.1) is 0 Å². The van der Waals surface area contributed by atoms with Gasteiger partial charge in [0.15, 0.2) is 6.10 Å². The normalized spacial score (nSPS) is 13.3. The number of hydrogen-bond acceptors (Lipinski definition) is 6. The van der Waals surface area contributed by atoms with E-state index in [1.54, 1.807) is 6.08 Å². The molecule has 0 aliphatic carbocycles.